The Morgan fingerprint density at radius 3 is 1.76 bits per heavy atom. The van der Waals surface area contributed by atoms with Crippen LogP contribution in [0.5, 0.6) is 0 Å². The number of benzene rings is 3. The number of hydrogen-bond acceptors (Lipinski definition) is 4. The fourth-order valence-electron chi connectivity index (χ4n) is 4.13. The Labute approximate surface area is 197 Å². The normalized spacial score (nSPS) is 14.9. The Morgan fingerprint density at radius 2 is 1.21 bits per heavy atom. The number of cyclic esters (lactones) is 2. The van der Waals surface area contributed by atoms with Crippen molar-refractivity contribution in [2.24, 2.45) is 0 Å². The van der Waals surface area contributed by atoms with Crippen LogP contribution in [0.4, 0.5) is 0 Å². The molecule has 1 aliphatic heterocycles. The van der Waals surface area contributed by atoms with E-state index in [2.05, 4.69) is 4.57 Å². The van der Waals surface area contributed by atoms with Gasteiger partial charge in [0.05, 0.1) is 11.4 Å². The second-order valence-electron chi connectivity index (χ2n) is 8.47. The largest absolute Gasteiger partial charge is 0.419 e. The van der Waals surface area contributed by atoms with Gasteiger partial charge in [-0.25, -0.2) is 9.59 Å². The highest BCUT2D eigenvalue weighted by Crippen LogP contribution is 2.37. The Morgan fingerprint density at radius 1 is 0.706 bits per heavy atom. The van der Waals surface area contributed by atoms with E-state index >= 15 is 0 Å². The molecule has 1 saturated heterocycles. The lowest BCUT2D eigenvalue weighted by Crippen LogP contribution is -2.41. The Balaban J connectivity index is 1.80. The summed E-state index contributed by atoms with van der Waals surface area (Å²) >= 11 is 0. The third-order valence-electron chi connectivity index (χ3n) is 5.58. The molecule has 5 nitrogen and oxygen atoms in total. The summed E-state index contributed by atoms with van der Waals surface area (Å²) in [5, 5.41) is 0. The van der Waals surface area contributed by atoms with Crippen LogP contribution in [0.25, 0.3) is 34.3 Å². The van der Waals surface area contributed by atoms with Crippen molar-refractivity contribution in [1.82, 2.24) is 4.57 Å². The third kappa shape index (κ3) is 4.04. The minimum absolute atomic E-state index is 0.138. The maximum Gasteiger partial charge on any atom is 0.348 e. The molecule has 1 fully saturated rings. The van der Waals surface area contributed by atoms with Gasteiger partial charge in [-0.1, -0.05) is 78.9 Å². The van der Waals surface area contributed by atoms with Crippen LogP contribution in [0.2, 0.25) is 0 Å². The van der Waals surface area contributed by atoms with E-state index in [9.17, 15) is 9.59 Å². The molecule has 0 saturated carbocycles. The molecule has 5 rings (SSSR count). The van der Waals surface area contributed by atoms with Crippen LogP contribution in [0, 0.1) is 0 Å². The predicted molar refractivity (Wildman–Crippen MR) is 131 cm³/mol. The zero-order chi connectivity index (χ0) is 23.7. The molecule has 1 aliphatic rings. The number of carbonyl (C=O) groups is 2. The van der Waals surface area contributed by atoms with Crippen LogP contribution in [0.15, 0.2) is 103 Å². The smallest absolute Gasteiger partial charge is 0.348 e. The first-order chi connectivity index (χ1) is 16.4. The number of hydrogen-bond donors (Lipinski definition) is 0. The lowest BCUT2D eigenvalue weighted by atomic mass is 10.0. The molecular weight excluding hydrogens is 426 g/mol. The van der Waals surface area contributed by atoms with Gasteiger partial charge in [0.1, 0.15) is 5.57 Å². The molecule has 0 atom stereocenters. The first-order valence-corrected chi connectivity index (χ1v) is 11.0. The number of aromatic nitrogens is 1. The van der Waals surface area contributed by atoms with Crippen molar-refractivity contribution in [2.75, 3.05) is 0 Å². The van der Waals surface area contributed by atoms with E-state index in [4.69, 9.17) is 9.47 Å². The highest BCUT2D eigenvalue weighted by Gasteiger charge is 2.39. The standard InChI is InChI=1S/C29H23NO4/c1-29(2)33-27(31)24(28(32)34-29)18-22-19-25(20-12-6-3-7-13-20)30(23-16-10-5-11-17-23)26(22)21-14-8-4-9-15-21/h3-19H,1-2H3. The van der Waals surface area contributed by atoms with E-state index in [-0.39, 0.29) is 5.57 Å². The number of ether oxygens (including phenoxy) is 2. The Kier molecular flexibility index (Phi) is 5.38. The fourth-order valence-corrected chi connectivity index (χ4v) is 4.13. The van der Waals surface area contributed by atoms with Gasteiger partial charge in [0.25, 0.3) is 5.79 Å². The van der Waals surface area contributed by atoms with E-state index in [0.717, 1.165) is 28.2 Å². The molecule has 0 spiro atoms. The van der Waals surface area contributed by atoms with Crippen molar-refractivity contribution in [3.8, 4) is 28.2 Å². The van der Waals surface area contributed by atoms with Crippen molar-refractivity contribution in [2.45, 2.75) is 19.6 Å². The second-order valence-corrected chi connectivity index (χ2v) is 8.47. The van der Waals surface area contributed by atoms with E-state index in [1.807, 2.05) is 97.1 Å². The molecule has 0 unspecified atom stereocenters. The molecule has 5 heteroatoms. The van der Waals surface area contributed by atoms with Crippen LogP contribution >= 0.6 is 0 Å². The highest BCUT2D eigenvalue weighted by molar-refractivity contribution is 6.19. The van der Waals surface area contributed by atoms with Gasteiger partial charge in [0, 0.05) is 25.1 Å². The van der Waals surface area contributed by atoms with Gasteiger partial charge in [-0.3, -0.25) is 0 Å². The quantitative estimate of drug-likeness (QED) is 0.217. The van der Waals surface area contributed by atoms with E-state index < -0.39 is 17.7 Å². The molecule has 0 N–H and O–H groups in total. The molecule has 3 aromatic carbocycles. The highest BCUT2D eigenvalue weighted by atomic mass is 16.7. The molecular formula is C29H23NO4. The molecule has 0 amide bonds. The van der Waals surface area contributed by atoms with Gasteiger partial charge >= 0.3 is 11.9 Å². The minimum atomic E-state index is -1.29. The molecule has 0 bridgehead atoms. The summed E-state index contributed by atoms with van der Waals surface area (Å²) in [7, 11) is 0. The van der Waals surface area contributed by atoms with Crippen LogP contribution in [-0.4, -0.2) is 22.3 Å². The fraction of sp³-hybridized carbons (Fsp3) is 0.103. The lowest BCUT2D eigenvalue weighted by molar-refractivity contribution is -0.222. The van der Waals surface area contributed by atoms with Gasteiger partial charge in [-0.15, -0.1) is 0 Å². The average molecular weight is 450 g/mol. The Hall–Kier alpha value is -4.38. The minimum Gasteiger partial charge on any atom is -0.419 e. The summed E-state index contributed by atoms with van der Waals surface area (Å²) in [6.07, 6.45) is 1.56. The van der Waals surface area contributed by atoms with Gasteiger partial charge in [0.15, 0.2) is 0 Å². The SMILES string of the molecule is CC1(C)OC(=O)C(=Cc2cc(-c3ccccc3)n(-c3ccccc3)c2-c2ccccc2)C(=O)O1. The van der Waals surface area contributed by atoms with Crippen LogP contribution in [-0.2, 0) is 19.1 Å². The van der Waals surface area contributed by atoms with Crippen molar-refractivity contribution in [3.63, 3.8) is 0 Å². The number of esters is 2. The third-order valence-corrected chi connectivity index (χ3v) is 5.58. The summed E-state index contributed by atoms with van der Waals surface area (Å²) < 4.78 is 12.8. The van der Waals surface area contributed by atoms with Gasteiger partial charge < -0.3 is 14.0 Å². The molecule has 4 aromatic rings. The molecule has 1 aromatic heterocycles. The molecule has 2 heterocycles. The summed E-state index contributed by atoms with van der Waals surface area (Å²) in [4.78, 5) is 25.4. The van der Waals surface area contributed by atoms with Crippen LogP contribution in [0.3, 0.4) is 0 Å². The zero-order valence-corrected chi connectivity index (χ0v) is 18.9. The lowest BCUT2D eigenvalue weighted by Gasteiger charge is -2.29. The second kappa shape index (κ2) is 8.52. The number of rotatable bonds is 4. The first kappa shape index (κ1) is 21.5. The van der Waals surface area contributed by atoms with Crippen molar-refractivity contribution < 1.29 is 19.1 Å². The predicted octanol–water partition coefficient (Wildman–Crippen LogP) is 6.03. The molecule has 0 aliphatic carbocycles. The van der Waals surface area contributed by atoms with Gasteiger partial charge in [-0.2, -0.15) is 0 Å². The molecule has 168 valence electrons. The molecule has 34 heavy (non-hydrogen) atoms. The maximum absolute atomic E-state index is 12.7. The van der Waals surface area contributed by atoms with E-state index in [1.54, 1.807) is 6.08 Å². The Bertz CT molecular complexity index is 1360. The van der Waals surface area contributed by atoms with Crippen LogP contribution in [0.1, 0.15) is 19.4 Å². The zero-order valence-electron chi connectivity index (χ0n) is 18.9. The number of carbonyl (C=O) groups excluding carboxylic acids is 2. The maximum atomic E-state index is 12.7. The van der Waals surface area contributed by atoms with Gasteiger partial charge in [-0.05, 0) is 35.4 Å². The summed E-state index contributed by atoms with van der Waals surface area (Å²) in [5.74, 6) is -2.69. The van der Waals surface area contributed by atoms with Crippen molar-refractivity contribution in [1.29, 1.82) is 0 Å². The molecule has 0 radical (unpaired) electrons. The summed E-state index contributed by atoms with van der Waals surface area (Å²) in [5.41, 5.74) is 5.25. The van der Waals surface area contributed by atoms with Crippen molar-refractivity contribution >= 4 is 18.0 Å². The average Bonchev–Trinajstić information content (AvgIpc) is 3.22. The summed E-state index contributed by atoms with van der Waals surface area (Å²) in [6.45, 7) is 3.07. The first-order valence-electron chi connectivity index (χ1n) is 11.0. The van der Waals surface area contributed by atoms with Gasteiger partial charge in [0.2, 0.25) is 0 Å². The number of nitrogens with zero attached hydrogens (tertiary/aromatic N) is 1. The van der Waals surface area contributed by atoms with E-state index in [1.165, 1.54) is 13.8 Å². The number of para-hydroxylation sites is 1. The van der Waals surface area contributed by atoms with Crippen molar-refractivity contribution in [3.05, 3.63) is 108 Å². The monoisotopic (exact) mass is 449 g/mol. The summed E-state index contributed by atoms with van der Waals surface area (Å²) in [6, 6.07) is 31.9. The van der Waals surface area contributed by atoms with Crippen LogP contribution < -0.4 is 0 Å². The van der Waals surface area contributed by atoms with E-state index in [0.29, 0.717) is 5.56 Å². The topological polar surface area (TPSA) is 57.5 Å².